The lowest BCUT2D eigenvalue weighted by Crippen LogP contribution is -2.55. The predicted molar refractivity (Wildman–Crippen MR) is 356 cm³/mol. The Morgan fingerprint density at radius 2 is 1.69 bits per heavy atom. The van der Waals surface area contributed by atoms with Crippen molar-refractivity contribution in [1.82, 2.24) is 10.6 Å². The molecule has 13 aliphatic rings. The van der Waals surface area contributed by atoms with Crippen molar-refractivity contribution in [1.29, 1.82) is 0 Å². The number of aliphatic imine (C=N–C) groups is 1. The lowest BCUT2D eigenvalue weighted by Gasteiger charge is -2.56. The fraction of sp³-hybridized carbons (Fsp3) is 0.701. The molecule has 0 aromatic heterocycles. The highest BCUT2D eigenvalue weighted by molar-refractivity contribution is 5.84. The highest BCUT2D eigenvalue weighted by Crippen LogP contribution is 2.66. The number of nitrogens with zero attached hydrogens (tertiary/aromatic N) is 1. The van der Waals surface area contributed by atoms with Crippen LogP contribution in [0.5, 0.6) is 28.7 Å². The van der Waals surface area contributed by atoms with Crippen molar-refractivity contribution in [2.24, 2.45) is 79.7 Å². The summed E-state index contributed by atoms with van der Waals surface area (Å²) < 4.78 is 27.9. The molecule has 4 saturated carbocycles. The Balaban J connectivity index is 0.944. The van der Waals surface area contributed by atoms with Gasteiger partial charge in [0.15, 0.2) is 17.5 Å². The minimum absolute atomic E-state index is 0.00519. The van der Waals surface area contributed by atoms with Crippen molar-refractivity contribution in [2.75, 3.05) is 47.0 Å². The number of phenols is 2. The van der Waals surface area contributed by atoms with Gasteiger partial charge in [0.05, 0.1) is 24.9 Å². The van der Waals surface area contributed by atoms with E-state index in [9.17, 15) is 25.5 Å². The van der Waals surface area contributed by atoms with E-state index in [4.69, 9.17) is 29.7 Å². The third-order valence-electron chi connectivity index (χ3n) is 26.0. The van der Waals surface area contributed by atoms with Gasteiger partial charge in [-0.2, -0.15) is 0 Å². The average Bonchev–Trinajstić information content (AvgIpc) is 0.832. The topological polar surface area (TPSA) is 201 Å². The van der Waals surface area contributed by atoms with Gasteiger partial charge in [-0.15, -0.1) is 0 Å². The van der Waals surface area contributed by atoms with E-state index in [1.54, 1.807) is 13.2 Å². The molecular formula is C77H110N4O9. The number of phenolic OH excluding ortho intramolecular Hbond substituents is 2. The van der Waals surface area contributed by atoms with Gasteiger partial charge in [-0.25, -0.2) is 0 Å². The van der Waals surface area contributed by atoms with Gasteiger partial charge >= 0.3 is 0 Å². The van der Waals surface area contributed by atoms with Crippen LogP contribution in [0.1, 0.15) is 209 Å². The standard InChI is InChI=1S/C77H110N4O9/c1-7-12-49-18-27-77(48(4)32-49)41-52-14-16-55(77)37-56(83)42-75(24-11-23-74(75)28-30-88-76(45-74)25-10-13-50(40-76)43-79-5)46-81-72(78)80-29-20-57-61(44-82)73(21-8-9-22-73)26-19-65(57)89-67-36-51(15-17-62(67)84)71-64(86)38-60-66(90-71)39-68(87-6)70-59-34-54(31-47(2)3)63(85)35-53(59)33-58(52)69(60)70/h14-18,27,34-36,39,47-50,52,55-58,61,64-65,71,79,82-86H,7-13,19-26,28-33,37-38,40-46H2,1-6H3,(H3,78,80,81). The number of ether oxygens (including phenoxy) is 4. The number of aliphatic hydroxyl groups excluding tert-OH is 3. The summed E-state index contributed by atoms with van der Waals surface area (Å²) in [5, 5.41) is 68.3. The lowest BCUT2D eigenvalue weighted by molar-refractivity contribution is -0.179. The number of aliphatic hydroxyl groups is 3. The molecule has 0 amide bonds. The first-order valence-electron chi connectivity index (χ1n) is 35.9. The molecule has 90 heavy (non-hydrogen) atoms. The van der Waals surface area contributed by atoms with E-state index in [0.29, 0.717) is 103 Å². The molecule has 13 heteroatoms. The van der Waals surface area contributed by atoms with Gasteiger partial charge in [-0.3, -0.25) is 4.99 Å². The molecule has 492 valence electrons. The van der Waals surface area contributed by atoms with Gasteiger partial charge in [0.2, 0.25) is 0 Å². The van der Waals surface area contributed by atoms with E-state index < -0.39 is 18.3 Å². The van der Waals surface area contributed by atoms with Gasteiger partial charge < -0.3 is 60.8 Å². The maximum atomic E-state index is 13.4. The number of allylic oxidation sites excluding steroid dienone is 4. The Morgan fingerprint density at radius 3 is 2.47 bits per heavy atom. The van der Waals surface area contributed by atoms with Crippen molar-refractivity contribution in [3.8, 4) is 39.9 Å². The van der Waals surface area contributed by atoms with Crippen molar-refractivity contribution < 1.29 is 44.5 Å². The van der Waals surface area contributed by atoms with E-state index in [0.717, 1.165) is 162 Å². The average molecular weight is 1240 g/mol. The van der Waals surface area contributed by atoms with Crippen LogP contribution in [0.4, 0.5) is 0 Å². The van der Waals surface area contributed by atoms with Crippen LogP contribution < -0.4 is 30.6 Å². The van der Waals surface area contributed by atoms with E-state index >= 15 is 0 Å². The summed E-state index contributed by atoms with van der Waals surface area (Å²) in [6.07, 6.45) is 31.5. The molecule has 7 aliphatic carbocycles. The van der Waals surface area contributed by atoms with Crippen LogP contribution in [-0.4, -0.2) is 102 Å². The third-order valence-corrected chi connectivity index (χ3v) is 26.0. The molecule has 8 bridgehead atoms. The molecule has 5 fully saturated rings. The van der Waals surface area contributed by atoms with Crippen molar-refractivity contribution in [2.45, 2.75) is 224 Å². The molecule has 1 saturated heterocycles. The van der Waals surface area contributed by atoms with Gasteiger partial charge in [0.1, 0.15) is 29.5 Å². The largest absolute Gasteiger partial charge is 0.508 e. The minimum atomic E-state index is -0.936. The predicted octanol–water partition coefficient (Wildman–Crippen LogP) is 13.7. The minimum Gasteiger partial charge on any atom is -0.508 e. The van der Waals surface area contributed by atoms with Gasteiger partial charge in [0, 0.05) is 55.8 Å². The molecule has 16 unspecified atom stereocenters. The summed E-state index contributed by atoms with van der Waals surface area (Å²) in [6.45, 7) is 12.0. The van der Waals surface area contributed by atoms with Crippen molar-refractivity contribution in [3.05, 3.63) is 88.5 Å². The summed E-state index contributed by atoms with van der Waals surface area (Å²) in [5.74, 6) is 4.31. The van der Waals surface area contributed by atoms with Crippen LogP contribution in [0.3, 0.4) is 0 Å². The number of guanidine groups is 1. The van der Waals surface area contributed by atoms with E-state index in [1.807, 2.05) is 24.3 Å². The van der Waals surface area contributed by atoms with E-state index in [-0.39, 0.29) is 75.3 Å². The molecule has 5 spiro atoms. The molecular weight excluding hydrogens is 1120 g/mol. The van der Waals surface area contributed by atoms with Gasteiger partial charge in [0.25, 0.3) is 0 Å². The lowest BCUT2D eigenvalue weighted by atomic mass is 9.52. The van der Waals surface area contributed by atoms with Crippen LogP contribution in [0.25, 0.3) is 11.1 Å². The Bertz CT molecular complexity index is 3150. The second-order valence-electron chi connectivity index (χ2n) is 31.6. The number of nitrogens with two attached hydrogens (primary N) is 1. The highest BCUT2D eigenvalue weighted by Gasteiger charge is 2.61. The van der Waals surface area contributed by atoms with Crippen molar-refractivity contribution >= 4 is 5.96 Å². The smallest absolute Gasteiger partial charge is 0.188 e. The van der Waals surface area contributed by atoms with Gasteiger partial charge in [-0.1, -0.05) is 90.2 Å². The van der Waals surface area contributed by atoms with Crippen LogP contribution >= 0.6 is 0 Å². The van der Waals surface area contributed by atoms with Crippen LogP contribution in [0, 0.1) is 69.0 Å². The number of fused-ring (bicyclic) bond motifs is 2. The molecule has 16 atom stereocenters. The second kappa shape index (κ2) is 25.8. The Morgan fingerprint density at radius 1 is 0.856 bits per heavy atom. The van der Waals surface area contributed by atoms with E-state index in [2.05, 4.69) is 75.7 Å². The summed E-state index contributed by atoms with van der Waals surface area (Å²) in [7, 11) is 3.82. The summed E-state index contributed by atoms with van der Waals surface area (Å²) in [4.78, 5) is 5.42. The molecule has 6 aliphatic heterocycles. The molecule has 13 nitrogen and oxygen atoms in total. The Labute approximate surface area is 537 Å². The normalized spacial score (nSPS) is 37.2. The fourth-order valence-corrected chi connectivity index (χ4v) is 21.9. The Kier molecular flexibility index (Phi) is 18.4. The zero-order valence-electron chi connectivity index (χ0n) is 55.4. The third kappa shape index (κ3) is 11.7. The SMILES string of the molecule is CCCC1C=CC2(CC3C=CC2CC(O)CC2(CCCC24CCOC2(CCCC(CNC)C2)C4)CN=C(N)NCCC2C(CCC4(CCCC4)C2CO)Oc2cc(ccc2O)C2Oc4cc(OC)c5c(c4CC2O)C3Cc2cc(O)c(CC(C)C)cc2-5)C(C)C1. The first-order chi connectivity index (χ1) is 43.5. The van der Waals surface area contributed by atoms with Crippen molar-refractivity contribution in [3.63, 3.8) is 0 Å². The number of rotatable bonds is 8. The molecule has 3 aromatic carbocycles. The quantitative estimate of drug-likeness (QED) is 0.0994. The zero-order valence-corrected chi connectivity index (χ0v) is 55.4. The molecule has 6 heterocycles. The maximum absolute atomic E-state index is 13.4. The van der Waals surface area contributed by atoms with Gasteiger partial charge in [-0.05, 0) is 257 Å². The van der Waals surface area contributed by atoms with Crippen LogP contribution in [0.2, 0.25) is 0 Å². The number of methoxy groups -OCH3 is 1. The first kappa shape index (κ1) is 63.9. The summed E-state index contributed by atoms with van der Waals surface area (Å²) >= 11 is 0. The number of hydrogen-bond acceptors (Lipinski definition) is 13. The maximum Gasteiger partial charge on any atom is 0.188 e. The van der Waals surface area contributed by atoms with E-state index in [1.165, 1.54) is 12.8 Å². The number of aromatic hydroxyl groups is 2. The highest BCUT2D eigenvalue weighted by atomic mass is 16.5. The second-order valence-corrected chi connectivity index (χ2v) is 31.6. The molecule has 3 aromatic rings. The zero-order chi connectivity index (χ0) is 62.7. The molecule has 0 radical (unpaired) electrons. The van der Waals surface area contributed by atoms with Crippen LogP contribution in [-0.2, 0) is 24.0 Å². The first-order valence-corrected chi connectivity index (χ1v) is 35.9. The molecule has 9 N–H and O–H groups in total. The molecule has 16 rings (SSSR count). The number of benzene rings is 3. The fourth-order valence-electron chi connectivity index (χ4n) is 21.9. The summed E-state index contributed by atoms with van der Waals surface area (Å²) in [6, 6.07) is 11.6. The number of nitrogens with one attached hydrogen (secondary N) is 2. The Hall–Kier alpha value is -4.79. The summed E-state index contributed by atoms with van der Waals surface area (Å²) in [5.41, 5.74) is 13.3. The van der Waals surface area contributed by atoms with Crippen LogP contribution in [0.15, 0.2) is 65.7 Å². The monoisotopic (exact) mass is 1230 g/mol. The number of hydrogen-bond donors (Lipinski definition) is 8.